The molecule has 1 aromatic carbocycles. The molecular weight excluding hydrogens is 356 g/mol. The van der Waals surface area contributed by atoms with Crippen LogP contribution >= 0.6 is 28.3 Å². The zero-order valence-electron chi connectivity index (χ0n) is 12.3. The Hall–Kier alpha value is -1.20. The van der Waals surface area contributed by atoms with Gasteiger partial charge in [-0.15, -0.1) is 12.4 Å². The lowest BCUT2D eigenvalue weighted by Crippen LogP contribution is -2.33. The highest BCUT2D eigenvalue weighted by Gasteiger charge is 2.15. The highest BCUT2D eigenvalue weighted by molar-refractivity contribution is 9.10. The Labute approximate surface area is 139 Å². The van der Waals surface area contributed by atoms with E-state index in [4.69, 9.17) is 4.74 Å². The van der Waals surface area contributed by atoms with Gasteiger partial charge in [0.25, 0.3) is 0 Å². The number of halogens is 2. The molecule has 0 saturated carbocycles. The summed E-state index contributed by atoms with van der Waals surface area (Å²) in [6, 6.07) is 6.11. The standard InChI is InChI=1S/C15H19BrN2O2.ClH/c1-15(2,3)20-14(19)17-7-6-10-9-18-13-5-4-11(16)8-12(10)13;/h4-5,8-9,18H,6-7H2,1-3H3,(H,17,19);1H. The van der Waals surface area contributed by atoms with Gasteiger partial charge >= 0.3 is 6.09 Å². The third-order valence-corrected chi connectivity index (χ3v) is 3.29. The molecule has 2 rings (SSSR count). The van der Waals surface area contributed by atoms with Gasteiger partial charge in [-0.1, -0.05) is 15.9 Å². The first-order chi connectivity index (χ1) is 9.35. The molecule has 0 aliphatic carbocycles. The Bertz CT molecular complexity index is 620. The molecule has 2 aromatic rings. The van der Waals surface area contributed by atoms with Crippen LogP contribution in [0.1, 0.15) is 26.3 Å². The van der Waals surface area contributed by atoms with Gasteiger partial charge < -0.3 is 15.0 Å². The van der Waals surface area contributed by atoms with Crippen LogP contribution in [0.15, 0.2) is 28.9 Å². The van der Waals surface area contributed by atoms with Crippen molar-refractivity contribution in [2.45, 2.75) is 32.8 Å². The van der Waals surface area contributed by atoms with Crippen molar-refractivity contribution in [3.05, 3.63) is 34.4 Å². The molecule has 4 nitrogen and oxygen atoms in total. The second-order valence-corrected chi connectivity index (χ2v) is 6.60. The van der Waals surface area contributed by atoms with Gasteiger partial charge in [-0.3, -0.25) is 0 Å². The predicted octanol–water partition coefficient (Wildman–Crippen LogP) is 4.42. The van der Waals surface area contributed by atoms with Gasteiger partial charge in [-0.25, -0.2) is 4.79 Å². The summed E-state index contributed by atoms with van der Waals surface area (Å²) >= 11 is 3.47. The molecule has 0 spiro atoms. The Morgan fingerprint density at radius 2 is 2.10 bits per heavy atom. The van der Waals surface area contributed by atoms with Gasteiger partial charge in [-0.2, -0.15) is 0 Å². The summed E-state index contributed by atoms with van der Waals surface area (Å²) in [6.07, 6.45) is 2.36. The number of aromatic amines is 1. The predicted molar refractivity (Wildman–Crippen MR) is 91.2 cm³/mol. The first kappa shape index (κ1) is 17.9. The molecule has 21 heavy (non-hydrogen) atoms. The first-order valence-electron chi connectivity index (χ1n) is 6.57. The smallest absolute Gasteiger partial charge is 0.407 e. The average Bonchev–Trinajstić information content (AvgIpc) is 2.69. The lowest BCUT2D eigenvalue weighted by Gasteiger charge is -2.19. The minimum Gasteiger partial charge on any atom is -0.444 e. The van der Waals surface area contributed by atoms with E-state index in [2.05, 4.69) is 32.3 Å². The minimum absolute atomic E-state index is 0. The first-order valence-corrected chi connectivity index (χ1v) is 7.37. The number of carbonyl (C=O) groups is 1. The van der Waals surface area contributed by atoms with Crippen molar-refractivity contribution in [3.8, 4) is 0 Å². The number of H-pyrrole nitrogens is 1. The lowest BCUT2D eigenvalue weighted by molar-refractivity contribution is 0.0528. The second-order valence-electron chi connectivity index (χ2n) is 5.68. The van der Waals surface area contributed by atoms with E-state index in [0.717, 1.165) is 16.4 Å². The quantitative estimate of drug-likeness (QED) is 0.834. The molecule has 2 N–H and O–H groups in total. The molecule has 0 bridgehead atoms. The molecule has 0 radical (unpaired) electrons. The summed E-state index contributed by atoms with van der Waals surface area (Å²) in [6.45, 7) is 6.10. The van der Waals surface area contributed by atoms with E-state index in [-0.39, 0.29) is 18.5 Å². The highest BCUT2D eigenvalue weighted by atomic mass is 79.9. The van der Waals surface area contributed by atoms with Crippen LogP contribution in [0.2, 0.25) is 0 Å². The van der Waals surface area contributed by atoms with Crippen molar-refractivity contribution in [2.24, 2.45) is 0 Å². The number of carbonyl (C=O) groups excluding carboxylic acids is 1. The molecule has 0 fully saturated rings. The van der Waals surface area contributed by atoms with Crippen molar-refractivity contribution in [3.63, 3.8) is 0 Å². The van der Waals surface area contributed by atoms with Gasteiger partial charge in [0.05, 0.1) is 0 Å². The summed E-state index contributed by atoms with van der Waals surface area (Å²) in [4.78, 5) is 14.8. The molecule has 0 aliphatic heterocycles. The molecular formula is C15H20BrClN2O2. The van der Waals surface area contributed by atoms with Gasteiger partial charge in [0.1, 0.15) is 5.60 Å². The van der Waals surface area contributed by atoms with Crippen LogP contribution < -0.4 is 5.32 Å². The topological polar surface area (TPSA) is 54.1 Å². The van der Waals surface area contributed by atoms with Gasteiger partial charge in [-0.05, 0) is 51.0 Å². The monoisotopic (exact) mass is 374 g/mol. The molecule has 0 unspecified atom stereocenters. The SMILES string of the molecule is CC(C)(C)OC(=O)NCCc1c[nH]c2ccc(Br)cc12.Cl. The number of hydrogen-bond donors (Lipinski definition) is 2. The minimum atomic E-state index is -0.463. The number of benzene rings is 1. The van der Waals surface area contributed by atoms with E-state index in [1.807, 2.05) is 39.1 Å². The van der Waals surface area contributed by atoms with Crippen molar-refractivity contribution in [1.29, 1.82) is 0 Å². The molecule has 1 amide bonds. The Balaban J connectivity index is 0.00000220. The van der Waals surface area contributed by atoms with Gasteiger partial charge in [0, 0.05) is 28.1 Å². The molecule has 0 aliphatic rings. The molecule has 0 atom stereocenters. The van der Waals surface area contributed by atoms with Crippen LogP contribution in [0.25, 0.3) is 10.9 Å². The summed E-state index contributed by atoms with van der Waals surface area (Å²) in [5.74, 6) is 0. The average molecular weight is 376 g/mol. The zero-order valence-corrected chi connectivity index (χ0v) is 14.7. The highest BCUT2D eigenvalue weighted by Crippen LogP contribution is 2.22. The fourth-order valence-corrected chi connectivity index (χ4v) is 2.33. The number of nitrogens with one attached hydrogen (secondary N) is 2. The molecule has 116 valence electrons. The molecule has 1 aromatic heterocycles. The maximum Gasteiger partial charge on any atom is 0.407 e. The fraction of sp³-hybridized carbons (Fsp3) is 0.400. The van der Waals surface area contributed by atoms with Crippen molar-refractivity contribution >= 4 is 45.3 Å². The van der Waals surface area contributed by atoms with E-state index in [1.165, 1.54) is 10.9 Å². The van der Waals surface area contributed by atoms with Gasteiger partial charge in [0.2, 0.25) is 0 Å². The Morgan fingerprint density at radius 3 is 2.76 bits per heavy atom. The van der Waals surface area contributed by atoms with Crippen molar-refractivity contribution in [2.75, 3.05) is 6.54 Å². The molecule has 6 heteroatoms. The van der Waals surface area contributed by atoms with E-state index < -0.39 is 5.60 Å². The van der Waals surface area contributed by atoms with Crippen LogP contribution in [0.5, 0.6) is 0 Å². The maximum atomic E-state index is 11.6. The second kappa shape index (κ2) is 7.18. The van der Waals surface area contributed by atoms with Crippen LogP contribution in [0.3, 0.4) is 0 Å². The van der Waals surface area contributed by atoms with E-state index >= 15 is 0 Å². The normalized spacial score (nSPS) is 11.0. The fourth-order valence-electron chi connectivity index (χ4n) is 1.97. The molecule has 1 heterocycles. The Morgan fingerprint density at radius 1 is 1.38 bits per heavy atom. The third kappa shape index (κ3) is 5.25. The van der Waals surface area contributed by atoms with Crippen LogP contribution in [0.4, 0.5) is 4.79 Å². The Kier molecular flexibility index (Phi) is 6.10. The number of ether oxygens (including phenoxy) is 1. The number of aromatic nitrogens is 1. The number of fused-ring (bicyclic) bond motifs is 1. The van der Waals surface area contributed by atoms with Gasteiger partial charge in [0.15, 0.2) is 0 Å². The summed E-state index contributed by atoms with van der Waals surface area (Å²) in [5.41, 5.74) is 1.81. The number of alkyl carbamates (subject to hydrolysis) is 1. The molecule has 0 saturated heterocycles. The number of hydrogen-bond acceptors (Lipinski definition) is 2. The van der Waals surface area contributed by atoms with E-state index in [0.29, 0.717) is 6.54 Å². The van der Waals surface area contributed by atoms with Crippen LogP contribution in [-0.2, 0) is 11.2 Å². The number of amides is 1. The van der Waals surface area contributed by atoms with Crippen LogP contribution in [-0.4, -0.2) is 23.2 Å². The summed E-state index contributed by atoms with van der Waals surface area (Å²) in [5, 5.41) is 3.94. The van der Waals surface area contributed by atoms with Crippen LogP contribution in [0, 0.1) is 0 Å². The maximum absolute atomic E-state index is 11.6. The van der Waals surface area contributed by atoms with E-state index in [1.54, 1.807) is 0 Å². The van der Waals surface area contributed by atoms with E-state index in [9.17, 15) is 4.79 Å². The summed E-state index contributed by atoms with van der Waals surface area (Å²) < 4.78 is 6.25. The zero-order chi connectivity index (χ0) is 14.8. The van der Waals surface area contributed by atoms with Crippen molar-refractivity contribution in [1.82, 2.24) is 10.3 Å². The summed E-state index contributed by atoms with van der Waals surface area (Å²) in [7, 11) is 0. The lowest BCUT2D eigenvalue weighted by atomic mass is 10.1. The largest absolute Gasteiger partial charge is 0.444 e. The van der Waals surface area contributed by atoms with Crippen molar-refractivity contribution < 1.29 is 9.53 Å². The third-order valence-electron chi connectivity index (χ3n) is 2.79. The number of rotatable bonds is 3.